The third kappa shape index (κ3) is 3.89. The van der Waals surface area contributed by atoms with Crippen molar-refractivity contribution in [2.75, 3.05) is 7.05 Å². The van der Waals surface area contributed by atoms with Crippen molar-refractivity contribution in [3.8, 4) is 0 Å². The predicted molar refractivity (Wildman–Crippen MR) is 63.3 cm³/mol. The Morgan fingerprint density at radius 2 is 1.82 bits per heavy atom. The summed E-state index contributed by atoms with van der Waals surface area (Å²) in [6, 6.07) is 4.03. The average Bonchev–Trinajstić information content (AvgIpc) is 2.19. The van der Waals surface area contributed by atoms with Crippen LogP contribution >= 0.6 is 11.6 Å². The molecule has 5 heteroatoms. The van der Waals surface area contributed by atoms with Gasteiger partial charge in [0, 0.05) is 5.54 Å². The molecule has 1 nitrogen and oxygen atoms in total. The van der Waals surface area contributed by atoms with E-state index in [4.69, 9.17) is 11.6 Å². The highest BCUT2D eigenvalue weighted by molar-refractivity contribution is 6.31. The van der Waals surface area contributed by atoms with Crippen molar-refractivity contribution >= 4 is 11.6 Å². The van der Waals surface area contributed by atoms with Gasteiger partial charge >= 0.3 is 6.18 Å². The Labute approximate surface area is 104 Å². The predicted octanol–water partition coefficient (Wildman–Crippen LogP) is 3.90. The molecule has 0 fully saturated rings. The molecule has 0 unspecified atom stereocenters. The number of alkyl halides is 3. The lowest BCUT2D eigenvalue weighted by molar-refractivity contribution is -0.137. The number of hydrogen-bond acceptors (Lipinski definition) is 1. The molecule has 0 aromatic heterocycles. The van der Waals surface area contributed by atoms with Crippen LogP contribution in [0.5, 0.6) is 0 Å². The highest BCUT2D eigenvalue weighted by Crippen LogP contribution is 2.35. The standard InChI is InChI=1S/C12H15ClF3N/c1-11(2,17-3)7-8-4-5-10(13)9(6-8)12(14,15)16/h4-6,17H,7H2,1-3H3. The molecule has 0 heterocycles. The van der Waals surface area contributed by atoms with Gasteiger partial charge in [0.15, 0.2) is 0 Å². The van der Waals surface area contributed by atoms with E-state index in [0.717, 1.165) is 6.07 Å². The second-order valence-electron chi connectivity index (χ2n) is 4.62. The van der Waals surface area contributed by atoms with Crippen molar-refractivity contribution < 1.29 is 13.2 Å². The van der Waals surface area contributed by atoms with Gasteiger partial charge in [-0.25, -0.2) is 0 Å². The third-order valence-corrected chi connectivity index (χ3v) is 2.99. The molecule has 96 valence electrons. The molecule has 0 atom stereocenters. The lowest BCUT2D eigenvalue weighted by Crippen LogP contribution is -2.38. The van der Waals surface area contributed by atoms with Crippen LogP contribution in [-0.4, -0.2) is 12.6 Å². The van der Waals surface area contributed by atoms with Gasteiger partial charge < -0.3 is 5.32 Å². The lowest BCUT2D eigenvalue weighted by Gasteiger charge is -2.24. The van der Waals surface area contributed by atoms with Crippen LogP contribution in [0.2, 0.25) is 5.02 Å². The van der Waals surface area contributed by atoms with Gasteiger partial charge in [-0.3, -0.25) is 0 Å². The summed E-state index contributed by atoms with van der Waals surface area (Å²) >= 11 is 5.55. The molecule has 0 aliphatic rings. The highest BCUT2D eigenvalue weighted by Gasteiger charge is 2.33. The fraction of sp³-hybridized carbons (Fsp3) is 0.500. The second kappa shape index (κ2) is 4.86. The molecule has 0 saturated heterocycles. The zero-order chi connectivity index (χ0) is 13.3. The van der Waals surface area contributed by atoms with Gasteiger partial charge in [0.2, 0.25) is 0 Å². The van der Waals surface area contributed by atoms with Crippen molar-refractivity contribution in [2.45, 2.75) is 32.0 Å². The molecular formula is C12H15ClF3N. The quantitative estimate of drug-likeness (QED) is 0.874. The first-order valence-electron chi connectivity index (χ1n) is 5.20. The van der Waals surface area contributed by atoms with Crippen LogP contribution < -0.4 is 5.32 Å². The van der Waals surface area contributed by atoms with E-state index in [0.29, 0.717) is 12.0 Å². The Morgan fingerprint density at radius 3 is 2.29 bits per heavy atom. The summed E-state index contributed by atoms with van der Waals surface area (Å²) in [7, 11) is 1.78. The van der Waals surface area contributed by atoms with Crippen LogP contribution in [0.3, 0.4) is 0 Å². The summed E-state index contributed by atoms with van der Waals surface area (Å²) in [5.41, 5.74) is -0.416. The molecule has 17 heavy (non-hydrogen) atoms. The van der Waals surface area contributed by atoms with Crippen molar-refractivity contribution in [2.24, 2.45) is 0 Å². The monoisotopic (exact) mass is 265 g/mol. The molecule has 0 spiro atoms. The SMILES string of the molecule is CNC(C)(C)Cc1ccc(Cl)c(C(F)(F)F)c1. The van der Waals surface area contributed by atoms with Crippen LogP contribution in [0, 0.1) is 0 Å². The summed E-state index contributed by atoms with van der Waals surface area (Å²) in [6.45, 7) is 3.85. The Balaban J connectivity index is 3.06. The van der Waals surface area contributed by atoms with E-state index in [-0.39, 0.29) is 10.6 Å². The van der Waals surface area contributed by atoms with Gasteiger partial charge in [0.1, 0.15) is 0 Å². The minimum Gasteiger partial charge on any atom is -0.314 e. The van der Waals surface area contributed by atoms with E-state index < -0.39 is 11.7 Å². The van der Waals surface area contributed by atoms with E-state index >= 15 is 0 Å². The Bertz CT molecular complexity index is 399. The first kappa shape index (κ1) is 14.3. The first-order chi connectivity index (χ1) is 7.65. The molecule has 0 bridgehead atoms. The fourth-order valence-electron chi connectivity index (χ4n) is 1.50. The molecule has 0 aliphatic heterocycles. The summed E-state index contributed by atoms with van der Waals surface area (Å²) in [6.07, 6.45) is -3.90. The molecule has 1 rings (SSSR count). The Kier molecular flexibility index (Phi) is 4.10. The van der Waals surface area contributed by atoms with Crippen LogP contribution in [0.1, 0.15) is 25.0 Å². The molecule has 0 radical (unpaired) electrons. The van der Waals surface area contributed by atoms with Gasteiger partial charge in [-0.1, -0.05) is 17.7 Å². The minimum absolute atomic E-state index is 0.253. The Hall–Kier alpha value is -0.740. The second-order valence-corrected chi connectivity index (χ2v) is 5.03. The average molecular weight is 266 g/mol. The molecular weight excluding hydrogens is 251 g/mol. The molecule has 0 amide bonds. The summed E-state index contributed by atoms with van der Waals surface area (Å²) in [5.74, 6) is 0. The molecule has 0 saturated carbocycles. The van der Waals surface area contributed by atoms with Crippen LogP contribution in [0.15, 0.2) is 18.2 Å². The van der Waals surface area contributed by atoms with Gasteiger partial charge in [-0.05, 0) is 45.0 Å². The molecule has 1 aromatic rings. The van der Waals surface area contributed by atoms with E-state index in [1.54, 1.807) is 13.1 Å². The number of rotatable bonds is 3. The normalized spacial score (nSPS) is 12.9. The molecule has 0 aliphatic carbocycles. The van der Waals surface area contributed by atoms with Crippen molar-refractivity contribution in [1.29, 1.82) is 0 Å². The third-order valence-electron chi connectivity index (χ3n) is 2.66. The van der Waals surface area contributed by atoms with E-state index in [9.17, 15) is 13.2 Å². The molecule has 1 aromatic carbocycles. The number of benzene rings is 1. The van der Waals surface area contributed by atoms with Crippen LogP contribution in [0.25, 0.3) is 0 Å². The van der Waals surface area contributed by atoms with Crippen molar-refractivity contribution in [1.82, 2.24) is 5.32 Å². The first-order valence-corrected chi connectivity index (χ1v) is 5.58. The van der Waals surface area contributed by atoms with Gasteiger partial charge in [0.25, 0.3) is 0 Å². The van der Waals surface area contributed by atoms with Crippen molar-refractivity contribution in [3.05, 3.63) is 34.3 Å². The molecule has 1 N–H and O–H groups in total. The Morgan fingerprint density at radius 1 is 1.24 bits per heavy atom. The highest BCUT2D eigenvalue weighted by atomic mass is 35.5. The van der Waals surface area contributed by atoms with Gasteiger partial charge in [-0.15, -0.1) is 0 Å². The fourth-order valence-corrected chi connectivity index (χ4v) is 1.72. The minimum atomic E-state index is -4.41. The van der Waals surface area contributed by atoms with Crippen LogP contribution in [-0.2, 0) is 12.6 Å². The van der Waals surface area contributed by atoms with E-state index in [2.05, 4.69) is 5.32 Å². The van der Waals surface area contributed by atoms with Gasteiger partial charge in [0.05, 0.1) is 10.6 Å². The zero-order valence-corrected chi connectivity index (χ0v) is 10.7. The number of nitrogens with one attached hydrogen (secondary N) is 1. The number of halogens is 4. The maximum Gasteiger partial charge on any atom is 0.417 e. The summed E-state index contributed by atoms with van der Waals surface area (Å²) in [5, 5.41) is 2.79. The van der Waals surface area contributed by atoms with E-state index in [1.807, 2.05) is 13.8 Å². The largest absolute Gasteiger partial charge is 0.417 e. The maximum atomic E-state index is 12.6. The number of likely N-dealkylation sites (N-methyl/N-ethyl adjacent to an activating group) is 1. The van der Waals surface area contributed by atoms with E-state index in [1.165, 1.54) is 6.07 Å². The lowest BCUT2D eigenvalue weighted by atomic mass is 9.94. The number of hydrogen-bond donors (Lipinski definition) is 1. The summed E-state index contributed by atoms with van der Waals surface area (Å²) in [4.78, 5) is 0. The van der Waals surface area contributed by atoms with Crippen molar-refractivity contribution in [3.63, 3.8) is 0 Å². The topological polar surface area (TPSA) is 12.0 Å². The van der Waals surface area contributed by atoms with Crippen LogP contribution in [0.4, 0.5) is 13.2 Å². The zero-order valence-electron chi connectivity index (χ0n) is 9.95. The summed E-state index contributed by atoms with van der Waals surface area (Å²) < 4.78 is 37.9. The van der Waals surface area contributed by atoms with Gasteiger partial charge in [-0.2, -0.15) is 13.2 Å². The smallest absolute Gasteiger partial charge is 0.314 e. The maximum absolute atomic E-state index is 12.6.